The standard InChI is InChI=1S/C13H16N2O3/c14-10-5-2-1-4-9(10)12(18)15-13(6-3-7-13)8-11(16)17/h1-2,4-5H,3,6-8,14H2,(H,15,18)(H,16,17). The van der Waals surface area contributed by atoms with Crippen molar-refractivity contribution in [2.45, 2.75) is 31.2 Å². The van der Waals surface area contributed by atoms with Gasteiger partial charge in [-0.05, 0) is 31.4 Å². The van der Waals surface area contributed by atoms with Gasteiger partial charge in [-0.3, -0.25) is 9.59 Å². The van der Waals surface area contributed by atoms with E-state index in [4.69, 9.17) is 10.8 Å². The number of carbonyl (C=O) groups is 2. The number of benzene rings is 1. The van der Waals surface area contributed by atoms with Crippen molar-refractivity contribution in [3.8, 4) is 0 Å². The molecule has 0 bridgehead atoms. The molecule has 0 heterocycles. The lowest BCUT2D eigenvalue weighted by molar-refractivity contribution is -0.139. The molecule has 1 fully saturated rings. The Balaban J connectivity index is 2.11. The third kappa shape index (κ3) is 2.45. The Bertz CT molecular complexity index is 481. The van der Waals surface area contributed by atoms with Crippen molar-refractivity contribution in [1.29, 1.82) is 0 Å². The number of amides is 1. The van der Waals surface area contributed by atoms with Crippen molar-refractivity contribution in [2.75, 3.05) is 5.73 Å². The van der Waals surface area contributed by atoms with Crippen molar-refractivity contribution in [3.05, 3.63) is 29.8 Å². The fraction of sp³-hybridized carbons (Fsp3) is 0.385. The Labute approximate surface area is 105 Å². The number of rotatable bonds is 4. The monoisotopic (exact) mass is 248 g/mol. The topological polar surface area (TPSA) is 92.4 Å². The lowest BCUT2D eigenvalue weighted by Gasteiger charge is -2.41. The summed E-state index contributed by atoms with van der Waals surface area (Å²) in [6.45, 7) is 0. The Morgan fingerprint density at radius 3 is 2.50 bits per heavy atom. The molecule has 1 saturated carbocycles. The lowest BCUT2D eigenvalue weighted by atomic mass is 9.74. The molecular weight excluding hydrogens is 232 g/mol. The fourth-order valence-electron chi connectivity index (χ4n) is 2.25. The van der Waals surface area contributed by atoms with Gasteiger partial charge in [0.1, 0.15) is 0 Å². The summed E-state index contributed by atoms with van der Waals surface area (Å²) in [7, 11) is 0. The van der Waals surface area contributed by atoms with Gasteiger partial charge in [-0.2, -0.15) is 0 Å². The van der Waals surface area contributed by atoms with Crippen LogP contribution in [0.25, 0.3) is 0 Å². The molecule has 4 N–H and O–H groups in total. The number of hydrogen-bond acceptors (Lipinski definition) is 3. The first-order chi connectivity index (χ1) is 8.52. The van der Waals surface area contributed by atoms with Gasteiger partial charge in [-0.25, -0.2) is 0 Å². The van der Waals surface area contributed by atoms with Crippen LogP contribution in [0.1, 0.15) is 36.0 Å². The van der Waals surface area contributed by atoms with Crippen molar-refractivity contribution in [2.24, 2.45) is 0 Å². The smallest absolute Gasteiger partial charge is 0.305 e. The summed E-state index contributed by atoms with van der Waals surface area (Å²) in [6, 6.07) is 6.77. The van der Waals surface area contributed by atoms with E-state index in [0.29, 0.717) is 24.1 Å². The minimum Gasteiger partial charge on any atom is -0.481 e. The second-order valence-electron chi connectivity index (χ2n) is 4.75. The summed E-state index contributed by atoms with van der Waals surface area (Å²) in [5, 5.41) is 11.7. The summed E-state index contributed by atoms with van der Waals surface area (Å²) in [5.74, 6) is -1.19. The molecule has 18 heavy (non-hydrogen) atoms. The van der Waals surface area contributed by atoms with Gasteiger partial charge in [0.2, 0.25) is 0 Å². The van der Waals surface area contributed by atoms with Gasteiger partial charge in [0, 0.05) is 5.69 Å². The molecule has 0 aliphatic heterocycles. The maximum absolute atomic E-state index is 12.1. The molecule has 1 aliphatic rings. The first-order valence-corrected chi connectivity index (χ1v) is 5.91. The van der Waals surface area contributed by atoms with Gasteiger partial charge < -0.3 is 16.2 Å². The molecule has 1 aromatic carbocycles. The van der Waals surface area contributed by atoms with Crippen LogP contribution in [0, 0.1) is 0 Å². The van der Waals surface area contributed by atoms with Gasteiger partial charge in [-0.1, -0.05) is 12.1 Å². The third-order valence-electron chi connectivity index (χ3n) is 3.38. The maximum atomic E-state index is 12.1. The highest BCUT2D eigenvalue weighted by atomic mass is 16.4. The number of aliphatic carboxylic acids is 1. The van der Waals surface area contributed by atoms with Crippen molar-refractivity contribution >= 4 is 17.6 Å². The summed E-state index contributed by atoms with van der Waals surface area (Å²) in [6.07, 6.45) is 2.32. The van der Waals surface area contributed by atoms with E-state index in [2.05, 4.69) is 5.32 Å². The van der Waals surface area contributed by atoms with Crippen LogP contribution in [0.5, 0.6) is 0 Å². The highest BCUT2D eigenvalue weighted by Gasteiger charge is 2.40. The van der Waals surface area contributed by atoms with E-state index >= 15 is 0 Å². The van der Waals surface area contributed by atoms with Crippen LogP contribution >= 0.6 is 0 Å². The number of carboxylic acid groups (broad SMARTS) is 1. The second-order valence-corrected chi connectivity index (χ2v) is 4.75. The zero-order chi connectivity index (χ0) is 13.2. The predicted octanol–water partition coefficient (Wildman–Crippen LogP) is 1.40. The molecule has 0 atom stereocenters. The number of carboxylic acids is 1. The number of nitrogen functional groups attached to an aromatic ring is 1. The minimum absolute atomic E-state index is 0.0362. The van der Waals surface area contributed by atoms with E-state index in [9.17, 15) is 9.59 Å². The SMILES string of the molecule is Nc1ccccc1C(=O)NC1(CC(=O)O)CCC1. The first kappa shape index (κ1) is 12.4. The molecule has 1 amide bonds. The maximum Gasteiger partial charge on any atom is 0.305 e. The zero-order valence-corrected chi connectivity index (χ0v) is 9.98. The van der Waals surface area contributed by atoms with Crippen LogP contribution in [0.15, 0.2) is 24.3 Å². The van der Waals surface area contributed by atoms with E-state index in [1.807, 2.05) is 0 Å². The molecule has 0 aromatic heterocycles. The van der Waals surface area contributed by atoms with Crippen molar-refractivity contribution in [1.82, 2.24) is 5.32 Å². The van der Waals surface area contributed by atoms with Gasteiger partial charge >= 0.3 is 5.97 Å². The van der Waals surface area contributed by atoms with Crippen LogP contribution < -0.4 is 11.1 Å². The van der Waals surface area contributed by atoms with Crippen molar-refractivity contribution in [3.63, 3.8) is 0 Å². The van der Waals surface area contributed by atoms with E-state index < -0.39 is 11.5 Å². The largest absolute Gasteiger partial charge is 0.481 e. The van der Waals surface area contributed by atoms with Crippen LogP contribution in [-0.4, -0.2) is 22.5 Å². The number of hydrogen-bond donors (Lipinski definition) is 3. The van der Waals surface area contributed by atoms with E-state index in [1.165, 1.54) is 0 Å². The number of nitrogens with two attached hydrogens (primary N) is 1. The number of carbonyl (C=O) groups excluding carboxylic acids is 1. The normalized spacial score (nSPS) is 16.7. The van der Waals surface area contributed by atoms with Crippen LogP contribution in [0.2, 0.25) is 0 Å². The highest BCUT2D eigenvalue weighted by Crippen LogP contribution is 2.35. The van der Waals surface area contributed by atoms with Crippen LogP contribution in [0.4, 0.5) is 5.69 Å². The third-order valence-corrected chi connectivity index (χ3v) is 3.38. The molecule has 5 heteroatoms. The summed E-state index contributed by atoms with van der Waals surface area (Å²) >= 11 is 0. The minimum atomic E-state index is -0.893. The van der Waals surface area contributed by atoms with Crippen LogP contribution in [0.3, 0.4) is 0 Å². The second kappa shape index (κ2) is 4.68. The first-order valence-electron chi connectivity index (χ1n) is 5.91. The summed E-state index contributed by atoms with van der Waals surface area (Å²) < 4.78 is 0. The zero-order valence-electron chi connectivity index (χ0n) is 9.98. The molecule has 1 aromatic rings. The number of nitrogens with one attached hydrogen (secondary N) is 1. The quantitative estimate of drug-likeness (QED) is 0.702. The molecule has 1 aliphatic carbocycles. The van der Waals surface area contributed by atoms with Gasteiger partial charge in [0.05, 0.1) is 17.5 Å². The Morgan fingerprint density at radius 1 is 1.33 bits per heavy atom. The number of anilines is 1. The molecular formula is C13H16N2O3. The van der Waals surface area contributed by atoms with E-state index in [1.54, 1.807) is 24.3 Å². The average Bonchev–Trinajstić information content (AvgIpc) is 2.25. The molecule has 96 valence electrons. The molecule has 2 rings (SSSR count). The molecule has 0 saturated heterocycles. The van der Waals surface area contributed by atoms with Crippen molar-refractivity contribution < 1.29 is 14.7 Å². The van der Waals surface area contributed by atoms with Gasteiger partial charge in [0.15, 0.2) is 0 Å². The fourth-order valence-corrected chi connectivity index (χ4v) is 2.25. The Hall–Kier alpha value is -2.04. The van der Waals surface area contributed by atoms with Gasteiger partial charge in [0.25, 0.3) is 5.91 Å². The predicted molar refractivity (Wildman–Crippen MR) is 67.2 cm³/mol. The summed E-state index contributed by atoms with van der Waals surface area (Å²) in [5.41, 5.74) is 5.93. The Kier molecular flexibility index (Phi) is 3.23. The molecule has 5 nitrogen and oxygen atoms in total. The molecule has 0 unspecified atom stereocenters. The van der Waals surface area contributed by atoms with E-state index in [0.717, 1.165) is 6.42 Å². The Morgan fingerprint density at radius 2 is 2.00 bits per heavy atom. The van der Waals surface area contributed by atoms with E-state index in [-0.39, 0.29) is 12.3 Å². The summed E-state index contributed by atoms with van der Waals surface area (Å²) in [4.78, 5) is 22.9. The molecule has 0 spiro atoms. The average molecular weight is 248 g/mol. The lowest BCUT2D eigenvalue weighted by Crippen LogP contribution is -2.54. The number of para-hydroxylation sites is 1. The molecule has 0 radical (unpaired) electrons. The highest BCUT2D eigenvalue weighted by molar-refractivity contribution is 5.99. The van der Waals surface area contributed by atoms with Gasteiger partial charge in [-0.15, -0.1) is 0 Å². The van der Waals surface area contributed by atoms with Crippen LogP contribution in [-0.2, 0) is 4.79 Å².